The predicted molar refractivity (Wildman–Crippen MR) is 109 cm³/mol. The normalized spacial score (nSPS) is 16.6. The van der Waals surface area contributed by atoms with E-state index in [4.69, 9.17) is 0 Å². The summed E-state index contributed by atoms with van der Waals surface area (Å²) in [6.45, 7) is 3.60. The van der Waals surface area contributed by atoms with E-state index in [1.807, 2.05) is 4.90 Å². The molecule has 1 saturated heterocycles. The maximum absolute atomic E-state index is 13.5. The first-order valence-electron chi connectivity index (χ1n) is 9.28. The van der Waals surface area contributed by atoms with E-state index in [-0.39, 0.29) is 17.4 Å². The number of nitrogens with zero attached hydrogens (tertiary/aromatic N) is 3. The molecule has 1 N–H and O–H groups in total. The Kier molecular flexibility index (Phi) is 5.08. The van der Waals surface area contributed by atoms with E-state index in [2.05, 4.69) is 10.3 Å². The Balaban J connectivity index is 1.42. The van der Waals surface area contributed by atoms with Crippen molar-refractivity contribution in [3.63, 3.8) is 0 Å². The largest absolute Gasteiger partial charge is 0.371 e. The molecule has 1 fully saturated rings. The molecule has 9 heteroatoms. The molecule has 0 radical (unpaired) electrons. The van der Waals surface area contributed by atoms with Crippen LogP contribution in [-0.4, -0.2) is 35.1 Å². The van der Waals surface area contributed by atoms with Gasteiger partial charge in [0.1, 0.15) is 4.83 Å². The van der Waals surface area contributed by atoms with E-state index in [0.29, 0.717) is 46.0 Å². The van der Waals surface area contributed by atoms with Crippen LogP contribution in [0.4, 0.5) is 14.5 Å². The van der Waals surface area contributed by atoms with Crippen LogP contribution in [0.2, 0.25) is 0 Å². The monoisotopic (exact) mass is 418 g/mol. The maximum Gasteiger partial charge on any atom is 0.262 e. The van der Waals surface area contributed by atoms with Crippen molar-refractivity contribution in [2.24, 2.45) is 13.0 Å². The standard InChI is InChI=1S/C20H20F2N4O2S/c1-11-16-19(24-10-25(2)20(16)28)29-17(11)18(27)23-8-12-5-6-26(9-12)13-3-4-14(21)15(22)7-13/h3-4,7,10,12H,5-6,8-9H2,1-2H3,(H,23,27). The number of hydrogen-bond donors (Lipinski definition) is 1. The van der Waals surface area contributed by atoms with Crippen molar-refractivity contribution >= 4 is 33.1 Å². The van der Waals surface area contributed by atoms with Crippen LogP contribution in [0.15, 0.2) is 29.3 Å². The first-order valence-corrected chi connectivity index (χ1v) is 10.1. The lowest BCUT2D eigenvalue weighted by molar-refractivity contribution is 0.0952. The van der Waals surface area contributed by atoms with Gasteiger partial charge in [-0.2, -0.15) is 0 Å². The van der Waals surface area contributed by atoms with Crippen LogP contribution in [0.5, 0.6) is 0 Å². The number of halogens is 2. The minimum Gasteiger partial charge on any atom is -0.371 e. The minimum atomic E-state index is -0.862. The number of thiophene rings is 1. The quantitative estimate of drug-likeness (QED) is 0.708. The third-order valence-corrected chi connectivity index (χ3v) is 6.52. The topological polar surface area (TPSA) is 67.2 Å². The number of amides is 1. The van der Waals surface area contributed by atoms with E-state index >= 15 is 0 Å². The van der Waals surface area contributed by atoms with Gasteiger partial charge >= 0.3 is 0 Å². The van der Waals surface area contributed by atoms with Crippen molar-refractivity contribution in [3.05, 3.63) is 57.0 Å². The van der Waals surface area contributed by atoms with Gasteiger partial charge in [0.25, 0.3) is 11.5 Å². The summed E-state index contributed by atoms with van der Waals surface area (Å²) in [6.07, 6.45) is 2.29. The Morgan fingerprint density at radius 2 is 2.14 bits per heavy atom. The van der Waals surface area contributed by atoms with E-state index in [0.717, 1.165) is 12.5 Å². The Bertz CT molecular complexity index is 1160. The molecule has 3 heterocycles. The Morgan fingerprint density at radius 1 is 1.34 bits per heavy atom. The fraction of sp³-hybridized carbons (Fsp3) is 0.350. The number of benzene rings is 1. The van der Waals surface area contributed by atoms with Crippen molar-refractivity contribution in [1.29, 1.82) is 0 Å². The Hall–Kier alpha value is -2.81. The molecule has 1 aromatic carbocycles. The van der Waals surface area contributed by atoms with Crippen LogP contribution >= 0.6 is 11.3 Å². The van der Waals surface area contributed by atoms with Gasteiger partial charge in [-0.1, -0.05) is 0 Å². The van der Waals surface area contributed by atoms with Gasteiger partial charge in [0, 0.05) is 38.4 Å². The molecule has 1 amide bonds. The van der Waals surface area contributed by atoms with Gasteiger partial charge in [0.05, 0.1) is 16.6 Å². The third kappa shape index (κ3) is 3.62. The summed E-state index contributed by atoms with van der Waals surface area (Å²) in [5.74, 6) is -1.74. The Morgan fingerprint density at radius 3 is 2.90 bits per heavy atom. The molecule has 0 spiro atoms. The average molecular weight is 418 g/mol. The summed E-state index contributed by atoms with van der Waals surface area (Å²) in [5, 5.41) is 3.43. The number of aromatic nitrogens is 2. The number of carbonyl (C=O) groups excluding carboxylic acids is 1. The van der Waals surface area contributed by atoms with Crippen molar-refractivity contribution < 1.29 is 13.6 Å². The van der Waals surface area contributed by atoms with E-state index in [9.17, 15) is 18.4 Å². The molecule has 0 saturated carbocycles. The Labute approximate surface area is 169 Å². The highest BCUT2D eigenvalue weighted by atomic mass is 32.1. The lowest BCUT2D eigenvalue weighted by Crippen LogP contribution is -2.31. The second-order valence-electron chi connectivity index (χ2n) is 7.31. The zero-order chi connectivity index (χ0) is 20.7. The molecule has 1 aliphatic rings. The van der Waals surface area contributed by atoms with Gasteiger partial charge in [-0.25, -0.2) is 13.8 Å². The summed E-state index contributed by atoms with van der Waals surface area (Å²) in [5.41, 5.74) is 1.12. The number of anilines is 1. The SMILES string of the molecule is Cc1c(C(=O)NCC2CCN(c3ccc(F)c(F)c3)C2)sc2ncn(C)c(=O)c12. The van der Waals surface area contributed by atoms with E-state index in [1.165, 1.54) is 28.3 Å². The van der Waals surface area contributed by atoms with Crippen LogP contribution in [-0.2, 0) is 7.05 Å². The summed E-state index contributed by atoms with van der Waals surface area (Å²) in [4.78, 5) is 32.3. The maximum atomic E-state index is 13.5. The van der Waals surface area contributed by atoms with Gasteiger partial charge in [0.2, 0.25) is 0 Å². The molecule has 0 bridgehead atoms. The molecule has 1 unspecified atom stereocenters. The van der Waals surface area contributed by atoms with Crippen molar-refractivity contribution in [3.8, 4) is 0 Å². The van der Waals surface area contributed by atoms with Gasteiger partial charge in [0.15, 0.2) is 11.6 Å². The van der Waals surface area contributed by atoms with E-state index < -0.39 is 11.6 Å². The molecule has 152 valence electrons. The number of nitrogens with one attached hydrogen (secondary N) is 1. The highest BCUT2D eigenvalue weighted by molar-refractivity contribution is 7.20. The molecule has 1 aliphatic heterocycles. The van der Waals surface area contributed by atoms with E-state index in [1.54, 1.807) is 20.0 Å². The molecule has 6 nitrogen and oxygen atoms in total. The highest BCUT2D eigenvalue weighted by Gasteiger charge is 2.25. The summed E-state index contributed by atoms with van der Waals surface area (Å²) in [7, 11) is 1.63. The zero-order valence-electron chi connectivity index (χ0n) is 16.0. The number of aryl methyl sites for hydroxylation is 2. The fourth-order valence-electron chi connectivity index (χ4n) is 3.66. The molecule has 3 aromatic rings. The molecule has 2 aromatic heterocycles. The van der Waals surface area contributed by atoms with Gasteiger partial charge in [-0.05, 0) is 37.0 Å². The second kappa shape index (κ2) is 7.55. The van der Waals surface area contributed by atoms with Gasteiger partial charge in [-0.3, -0.25) is 9.59 Å². The minimum absolute atomic E-state index is 0.166. The smallest absolute Gasteiger partial charge is 0.262 e. The van der Waals surface area contributed by atoms with Gasteiger partial charge in [-0.15, -0.1) is 11.3 Å². The van der Waals surface area contributed by atoms with Crippen molar-refractivity contribution in [2.45, 2.75) is 13.3 Å². The lowest BCUT2D eigenvalue weighted by Gasteiger charge is -2.19. The first-order chi connectivity index (χ1) is 13.8. The number of rotatable bonds is 4. The first kappa shape index (κ1) is 19.5. The molecule has 1 atom stereocenters. The zero-order valence-corrected chi connectivity index (χ0v) is 16.9. The second-order valence-corrected chi connectivity index (χ2v) is 8.31. The van der Waals surface area contributed by atoms with Crippen molar-refractivity contribution in [1.82, 2.24) is 14.9 Å². The fourth-order valence-corrected chi connectivity index (χ4v) is 4.71. The van der Waals surface area contributed by atoms with Crippen LogP contribution < -0.4 is 15.8 Å². The number of fused-ring (bicyclic) bond motifs is 1. The molecular formula is C20H20F2N4O2S. The third-order valence-electron chi connectivity index (χ3n) is 5.32. The lowest BCUT2D eigenvalue weighted by atomic mass is 10.1. The predicted octanol–water partition coefficient (Wildman–Crippen LogP) is 2.84. The summed E-state index contributed by atoms with van der Waals surface area (Å²) in [6, 6.07) is 3.89. The molecular weight excluding hydrogens is 398 g/mol. The average Bonchev–Trinajstić information content (AvgIpc) is 3.30. The van der Waals surface area contributed by atoms with Crippen LogP contribution in [0.3, 0.4) is 0 Å². The van der Waals surface area contributed by atoms with Crippen molar-refractivity contribution in [2.75, 3.05) is 24.5 Å². The summed E-state index contributed by atoms with van der Waals surface area (Å²) < 4.78 is 28.0. The van der Waals surface area contributed by atoms with Crippen LogP contribution in [0.25, 0.3) is 10.2 Å². The van der Waals surface area contributed by atoms with Crippen LogP contribution in [0, 0.1) is 24.5 Å². The van der Waals surface area contributed by atoms with Crippen LogP contribution in [0.1, 0.15) is 21.7 Å². The number of hydrogen-bond acceptors (Lipinski definition) is 5. The van der Waals surface area contributed by atoms with Gasteiger partial charge < -0.3 is 14.8 Å². The number of carbonyl (C=O) groups is 1. The molecule has 29 heavy (non-hydrogen) atoms. The summed E-state index contributed by atoms with van der Waals surface area (Å²) >= 11 is 1.21. The molecule has 4 rings (SSSR count). The molecule has 0 aliphatic carbocycles. The highest BCUT2D eigenvalue weighted by Crippen LogP contribution is 2.28.